The van der Waals surface area contributed by atoms with E-state index in [0.717, 1.165) is 25.3 Å². The van der Waals surface area contributed by atoms with Crippen LogP contribution >= 0.6 is 0 Å². The average molecular weight is 266 g/mol. The van der Waals surface area contributed by atoms with Crippen LogP contribution in [0.1, 0.15) is 44.8 Å². The Kier molecular flexibility index (Phi) is 5.34. The molecular weight excluding hydrogens is 240 g/mol. The van der Waals surface area contributed by atoms with E-state index in [2.05, 4.69) is 34.2 Å². The van der Waals surface area contributed by atoms with Crippen molar-refractivity contribution in [1.82, 2.24) is 20.4 Å². The van der Waals surface area contributed by atoms with E-state index in [1.165, 1.54) is 25.8 Å². The van der Waals surface area contributed by atoms with Crippen LogP contribution in [0.5, 0.6) is 0 Å². The number of likely N-dealkylation sites (tertiary alicyclic amines) is 1. The molecule has 2 unspecified atom stereocenters. The number of hydrogen-bond acceptors (Lipinski definition) is 5. The van der Waals surface area contributed by atoms with Gasteiger partial charge in [-0.1, -0.05) is 12.1 Å². The summed E-state index contributed by atoms with van der Waals surface area (Å²) in [6, 6.07) is 1.33. The molecule has 5 heteroatoms. The van der Waals surface area contributed by atoms with E-state index >= 15 is 0 Å². The van der Waals surface area contributed by atoms with E-state index in [1.54, 1.807) is 0 Å². The summed E-state index contributed by atoms with van der Waals surface area (Å²) in [7, 11) is 0. The van der Waals surface area contributed by atoms with Crippen LogP contribution in [0.15, 0.2) is 4.52 Å². The third kappa shape index (κ3) is 4.28. The molecule has 2 atom stereocenters. The monoisotopic (exact) mass is 266 g/mol. The van der Waals surface area contributed by atoms with Crippen molar-refractivity contribution in [2.45, 2.75) is 58.5 Å². The molecule has 0 spiro atoms. The quantitative estimate of drug-likeness (QED) is 0.850. The maximum Gasteiger partial charge on any atom is 0.223 e. The molecule has 1 aromatic rings. The predicted molar refractivity (Wildman–Crippen MR) is 75.1 cm³/mol. The fourth-order valence-electron chi connectivity index (χ4n) is 2.77. The molecule has 1 N–H and O–H groups in total. The van der Waals surface area contributed by atoms with Gasteiger partial charge in [0, 0.05) is 32.0 Å². The molecule has 2 rings (SSSR count). The molecule has 1 fully saturated rings. The standard InChI is InChI=1S/C14H26N4O/c1-4-7-15-13-5-8-18(11(2)10-13)9-6-14-16-12(3)19-17-14/h11,13,15H,4-10H2,1-3H3. The van der Waals surface area contributed by atoms with Crippen LogP contribution in [0.2, 0.25) is 0 Å². The lowest BCUT2D eigenvalue weighted by molar-refractivity contribution is 0.137. The summed E-state index contributed by atoms with van der Waals surface area (Å²) in [6.07, 6.45) is 4.58. The molecule has 0 amide bonds. The van der Waals surface area contributed by atoms with Crippen molar-refractivity contribution in [3.8, 4) is 0 Å². The number of aromatic nitrogens is 2. The molecule has 19 heavy (non-hydrogen) atoms. The zero-order valence-electron chi connectivity index (χ0n) is 12.4. The van der Waals surface area contributed by atoms with E-state index in [4.69, 9.17) is 4.52 Å². The summed E-state index contributed by atoms with van der Waals surface area (Å²) < 4.78 is 5.00. The Morgan fingerprint density at radius 1 is 1.47 bits per heavy atom. The molecule has 0 bridgehead atoms. The fourth-order valence-corrected chi connectivity index (χ4v) is 2.77. The molecule has 1 aromatic heterocycles. The minimum Gasteiger partial charge on any atom is -0.340 e. The van der Waals surface area contributed by atoms with E-state index in [1.807, 2.05) is 6.92 Å². The number of aryl methyl sites for hydroxylation is 1. The average Bonchev–Trinajstić information content (AvgIpc) is 2.81. The molecule has 0 aromatic carbocycles. The van der Waals surface area contributed by atoms with Gasteiger partial charge in [0.05, 0.1) is 0 Å². The van der Waals surface area contributed by atoms with Gasteiger partial charge in [-0.05, 0) is 39.3 Å². The van der Waals surface area contributed by atoms with Gasteiger partial charge >= 0.3 is 0 Å². The lowest BCUT2D eigenvalue weighted by Gasteiger charge is -2.37. The summed E-state index contributed by atoms with van der Waals surface area (Å²) in [5.41, 5.74) is 0. The highest BCUT2D eigenvalue weighted by Crippen LogP contribution is 2.17. The Balaban J connectivity index is 1.73. The van der Waals surface area contributed by atoms with Crippen molar-refractivity contribution < 1.29 is 4.52 Å². The van der Waals surface area contributed by atoms with Crippen molar-refractivity contribution in [1.29, 1.82) is 0 Å². The third-order valence-electron chi connectivity index (χ3n) is 3.89. The Labute approximate surface area is 115 Å². The molecule has 0 radical (unpaired) electrons. The normalized spacial score (nSPS) is 24.8. The molecular formula is C14H26N4O. The maximum absolute atomic E-state index is 5.00. The number of nitrogens with zero attached hydrogens (tertiary/aromatic N) is 3. The summed E-state index contributed by atoms with van der Waals surface area (Å²) in [5, 5.41) is 7.59. The van der Waals surface area contributed by atoms with Crippen LogP contribution in [-0.4, -0.2) is 46.8 Å². The van der Waals surface area contributed by atoms with Gasteiger partial charge in [0.1, 0.15) is 0 Å². The van der Waals surface area contributed by atoms with Crippen molar-refractivity contribution in [3.63, 3.8) is 0 Å². The first-order chi connectivity index (χ1) is 9.19. The van der Waals surface area contributed by atoms with Crippen LogP contribution < -0.4 is 5.32 Å². The lowest BCUT2D eigenvalue weighted by Crippen LogP contribution is -2.48. The largest absolute Gasteiger partial charge is 0.340 e. The zero-order valence-corrected chi connectivity index (χ0v) is 12.4. The van der Waals surface area contributed by atoms with Gasteiger partial charge < -0.3 is 14.7 Å². The van der Waals surface area contributed by atoms with Crippen molar-refractivity contribution in [2.75, 3.05) is 19.6 Å². The van der Waals surface area contributed by atoms with Gasteiger partial charge in [-0.3, -0.25) is 0 Å². The van der Waals surface area contributed by atoms with Gasteiger partial charge in [0.15, 0.2) is 5.82 Å². The highest BCUT2D eigenvalue weighted by Gasteiger charge is 2.24. The van der Waals surface area contributed by atoms with Gasteiger partial charge in [-0.2, -0.15) is 4.98 Å². The molecule has 108 valence electrons. The van der Waals surface area contributed by atoms with E-state index in [0.29, 0.717) is 18.0 Å². The molecule has 2 heterocycles. The minimum atomic E-state index is 0.635. The Morgan fingerprint density at radius 3 is 2.95 bits per heavy atom. The first-order valence-corrected chi connectivity index (χ1v) is 7.45. The topological polar surface area (TPSA) is 54.2 Å². The zero-order chi connectivity index (χ0) is 13.7. The second-order valence-electron chi connectivity index (χ2n) is 5.54. The van der Waals surface area contributed by atoms with Crippen molar-refractivity contribution in [3.05, 3.63) is 11.7 Å². The third-order valence-corrected chi connectivity index (χ3v) is 3.89. The van der Waals surface area contributed by atoms with E-state index in [9.17, 15) is 0 Å². The smallest absolute Gasteiger partial charge is 0.223 e. The highest BCUT2D eigenvalue weighted by atomic mass is 16.5. The maximum atomic E-state index is 5.00. The Hall–Kier alpha value is -0.940. The molecule has 5 nitrogen and oxygen atoms in total. The molecule has 1 aliphatic heterocycles. The van der Waals surface area contributed by atoms with Crippen molar-refractivity contribution >= 4 is 0 Å². The Bertz CT molecular complexity index is 379. The number of piperidine rings is 1. The van der Waals surface area contributed by atoms with Crippen LogP contribution in [0.25, 0.3) is 0 Å². The Morgan fingerprint density at radius 2 is 2.32 bits per heavy atom. The molecule has 1 saturated heterocycles. The first kappa shape index (κ1) is 14.5. The van der Waals surface area contributed by atoms with Gasteiger partial charge in [0.25, 0.3) is 0 Å². The SMILES string of the molecule is CCCNC1CCN(CCc2noc(C)n2)C(C)C1. The summed E-state index contributed by atoms with van der Waals surface area (Å²) in [6.45, 7) is 9.71. The molecule has 0 aliphatic carbocycles. The fraction of sp³-hybridized carbons (Fsp3) is 0.857. The summed E-state index contributed by atoms with van der Waals surface area (Å²) >= 11 is 0. The van der Waals surface area contributed by atoms with Gasteiger partial charge in [-0.15, -0.1) is 0 Å². The molecule has 1 aliphatic rings. The number of nitrogens with one attached hydrogen (secondary N) is 1. The summed E-state index contributed by atoms with van der Waals surface area (Å²) in [5.74, 6) is 1.49. The van der Waals surface area contributed by atoms with Crippen LogP contribution in [0, 0.1) is 6.92 Å². The first-order valence-electron chi connectivity index (χ1n) is 7.45. The van der Waals surface area contributed by atoms with Crippen LogP contribution in [-0.2, 0) is 6.42 Å². The van der Waals surface area contributed by atoms with E-state index < -0.39 is 0 Å². The highest BCUT2D eigenvalue weighted by molar-refractivity contribution is 4.88. The van der Waals surface area contributed by atoms with E-state index in [-0.39, 0.29) is 0 Å². The van der Waals surface area contributed by atoms with Gasteiger partial charge in [-0.25, -0.2) is 0 Å². The molecule has 0 saturated carbocycles. The summed E-state index contributed by atoms with van der Waals surface area (Å²) in [4.78, 5) is 6.80. The minimum absolute atomic E-state index is 0.635. The van der Waals surface area contributed by atoms with Crippen LogP contribution in [0.3, 0.4) is 0 Å². The van der Waals surface area contributed by atoms with Gasteiger partial charge in [0.2, 0.25) is 5.89 Å². The number of hydrogen-bond donors (Lipinski definition) is 1. The van der Waals surface area contributed by atoms with Crippen LogP contribution in [0.4, 0.5) is 0 Å². The second-order valence-corrected chi connectivity index (χ2v) is 5.54. The lowest BCUT2D eigenvalue weighted by atomic mass is 9.98. The second kappa shape index (κ2) is 7.01. The van der Waals surface area contributed by atoms with Crippen molar-refractivity contribution in [2.24, 2.45) is 0 Å². The number of rotatable bonds is 6. The predicted octanol–water partition coefficient (Wildman–Crippen LogP) is 1.77.